The number of rotatable bonds is 17. The maximum atomic E-state index is 15.3. The van der Waals surface area contributed by atoms with Crippen LogP contribution in [0.25, 0.3) is 17.0 Å². The van der Waals surface area contributed by atoms with Crippen LogP contribution in [0.4, 0.5) is 0 Å². The van der Waals surface area contributed by atoms with E-state index in [2.05, 4.69) is 6.07 Å². The third-order valence-electron chi connectivity index (χ3n) is 17.7. The number of ether oxygens (including phenoxy) is 9. The van der Waals surface area contributed by atoms with E-state index in [-0.39, 0.29) is 25.9 Å². The molecule has 0 spiro atoms. The van der Waals surface area contributed by atoms with Crippen LogP contribution in [0.15, 0.2) is 143 Å². The molecule has 0 aliphatic carbocycles. The summed E-state index contributed by atoms with van der Waals surface area (Å²) in [6.07, 6.45) is -3.87. The fourth-order valence-electron chi connectivity index (χ4n) is 12.7. The van der Waals surface area contributed by atoms with Gasteiger partial charge < -0.3 is 57.7 Å². The van der Waals surface area contributed by atoms with E-state index in [0.29, 0.717) is 23.3 Å². The first kappa shape index (κ1) is 67.0. The summed E-state index contributed by atoms with van der Waals surface area (Å²) in [5.74, 6) is -5.18. The first-order valence-corrected chi connectivity index (χ1v) is 31.2. The van der Waals surface area contributed by atoms with Gasteiger partial charge in [-0.05, 0) is 135 Å². The van der Waals surface area contributed by atoms with Crippen LogP contribution in [0, 0.1) is 23.7 Å². The number of aliphatic hydroxyl groups is 2. The number of esters is 3. The normalized spacial score (nSPS) is 34.3. The summed E-state index contributed by atoms with van der Waals surface area (Å²) >= 11 is 1.25. The molecule has 0 radical (unpaired) electrons. The largest absolute Gasteiger partial charge is 0.459 e. The summed E-state index contributed by atoms with van der Waals surface area (Å²) in [6, 6.07) is 36.6. The number of carbonyl (C=O) groups excluding carboxylic acids is 3. The van der Waals surface area contributed by atoms with Crippen molar-refractivity contribution in [1.29, 1.82) is 0 Å². The number of hydrogen-bond acceptors (Lipinski definition) is 18. The third-order valence-corrected chi connectivity index (χ3v) is 18.5. The predicted octanol–water partition coefficient (Wildman–Crippen LogP) is 11.4. The quantitative estimate of drug-likeness (QED) is 0.0505. The number of aliphatic hydroxyl groups excluding tert-OH is 1. The minimum absolute atomic E-state index is 0.0370. The Morgan fingerprint density at radius 3 is 2.03 bits per heavy atom. The van der Waals surface area contributed by atoms with E-state index < -0.39 is 126 Å². The fraction of sp³-hybridized carbons (Fsp3) is 0.522. The number of pyridine rings is 1. The molecule has 8 rings (SSSR count). The summed E-state index contributed by atoms with van der Waals surface area (Å²) in [6.45, 7) is 18.2. The Hall–Kier alpha value is -5.90. The summed E-state index contributed by atoms with van der Waals surface area (Å²) < 4.78 is 66.4. The second kappa shape index (κ2) is 29.6. The lowest BCUT2D eigenvalue weighted by Gasteiger charge is -2.50. The third kappa shape index (κ3) is 16.1. The van der Waals surface area contributed by atoms with Crippen molar-refractivity contribution >= 4 is 52.5 Å². The van der Waals surface area contributed by atoms with Gasteiger partial charge in [0.15, 0.2) is 24.8 Å². The lowest BCUT2D eigenvalue weighted by molar-refractivity contribution is -0.319. The van der Waals surface area contributed by atoms with Gasteiger partial charge in [0.25, 0.3) is 0 Å². The number of carbonyl (C=O) groups is 3. The van der Waals surface area contributed by atoms with Gasteiger partial charge in [-0.1, -0.05) is 113 Å². The average Bonchev–Trinajstić information content (AvgIpc) is 1.02. The maximum Gasteiger partial charge on any atom is 0.338 e. The van der Waals surface area contributed by atoms with Gasteiger partial charge in [-0.25, -0.2) is 14.0 Å². The lowest BCUT2D eigenvalue weighted by atomic mass is 9.73. The monoisotopic (exact) mass is 1220 g/mol. The second-order valence-corrected chi connectivity index (χ2v) is 25.4. The number of nitrogens with zero attached hydrogens (tertiary/aromatic N) is 3. The molecule has 4 aromatic carbocycles. The van der Waals surface area contributed by atoms with Crippen molar-refractivity contribution < 1.29 is 67.2 Å². The maximum absolute atomic E-state index is 15.3. The Kier molecular flexibility index (Phi) is 22.8. The van der Waals surface area contributed by atoms with Gasteiger partial charge in [-0.2, -0.15) is 0 Å². The highest BCUT2D eigenvalue weighted by Gasteiger charge is 2.55. The minimum Gasteiger partial charge on any atom is -0.459 e. The molecule has 2 unspecified atom stereocenters. The summed E-state index contributed by atoms with van der Waals surface area (Å²) in [7, 11) is 5.39. The van der Waals surface area contributed by atoms with Crippen LogP contribution in [0.3, 0.4) is 0 Å². The van der Waals surface area contributed by atoms with Gasteiger partial charge in [0.1, 0.15) is 17.3 Å². The summed E-state index contributed by atoms with van der Waals surface area (Å²) in [4.78, 5) is 50.8. The summed E-state index contributed by atoms with van der Waals surface area (Å²) in [5, 5.41) is 26.1. The molecule has 1 aromatic heterocycles. The molecule has 18 heteroatoms. The Labute approximate surface area is 517 Å². The first-order chi connectivity index (χ1) is 41.5. The zero-order valence-electron chi connectivity index (χ0n) is 52.5. The molecule has 470 valence electrons. The number of fused-ring (bicyclic) bond motifs is 1. The number of methoxy groups -OCH3 is 1. The topological polar surface area (TPSA) is 203 Å². The van der Waals surface area contributed by atoms with Crippen molar-refractivity contribution in [2.45, 2.75) is 184 Å². The predicted molar refractivity (Wildman–Crippen MR) is 335 cm³/mol. The van der Waals surface area contributed by atoms with E-state index in [1.54, 1.807) is 75.5 Å². The van der Waals surface area contributed by atoms with Crippen LogP contribution in [0.1, 0.15) is 121 Å². The molecule has 0 bridgehead atoms. The lowest BCUT2D eigenvalue weighted by Crippen LogP contribution is -2.62. The van der Waals surface area contributed by atoms with E-state index in [0.717, 1.165) is 21.4 Å². The molecule has 3 fully saturated rings. The zero-order valence-corrected chi connectivity index (χ0v) is 53.3. The van der Waals surface area contributed by atoms with E-state index in [1.165, 1.54) is 26.0 Å². The van der Waals surface area contributed by atoms with Crippen LogP contribution in [-0.4, -0.2) is 156 Å². The molecule has 0 amide bonds. The Bertz CT molecular complexity index is 3120. The molecule has 18 atom stereocenters. The molecule has 3 saturated heterocycles. The number of hydrogen-bond donors (Lipinski definition) is 2. The molecule has 17 nitrogen and oxygen atoms in total. The van der Waals surface area contributed by atoms with E-state index in [1.807, 2.05) is 139 Å². The van der Waals surface area contributed by atoms with Crippen LogP contribution < -0.4 is 0 Å². The first-order valence-electron chi connectivity index (χ1n) is 30.4. The highest BCUT2D eigenvalue weighted by molar-refractivity contribution is 7.98. The molecule has 2 N–H and O–H groups in total. The van der Waals surface area contributed by atoms with Crippen molar-refractivity contribution in [2.75, 3.05) is 27.8 Å². The number of aromatic nitrogens is 1. The fourth-order valence-corrected chi connectivity index (χ4v) is 13.6. The van der Waals surface area contributed by atoms with E-state index in [9.17, 15) is 19.8 Å². The van der Waals surface area contributed by atoms with Gasteiger partial charge in [-0.3, -0.25) is 9.78 Å². The van der Waals surface area contributed by atoms with Crippen LogP contribution >= 0.6 is 11.9 Å². The standard InChI is InChI=1S/C69H89N3O14S/c1-14-55-69(10,77)60(73)44(4)57(71-87-52-33-22-17-23-34-52)42(2)39-68(9,79-36-26-27-48-38-51-32-24-25-35-53(51)70-41-48)61(86-66-59(54(72(11)12)37-43(3)80-66)84-64(75)49-28-18-15-19-29-49)45(5)58(46(6)63(74)82-55)83-56-40-67(8,78-13)62(47(7)81-56)85-65(76)50-30-20-16-21-31-50/h15-35,38,41-47,54-56,58-62,66,73,77H,14,36-37,39-40H2,1-13H3/b27-26+,71-57-/t42-,43+,44-,45-,46+,47-,54-,55+,56?,58-,59+,60+,61+,62-,66?,67+,68-,69+/m0/s1. The van der Waals surface area contributed by atoms with Crippen molar-refractivity contribution in [2.24, 2.45) is 28.1 Å². The highest BCUT2D eigenvalue weighted by Crippen LogP contribution is 2.44. The molecule has 4 heterocycles. The van der Waals surface area contributed by atoms with Crippen molar-refractivity contribution in [3.05, 3.63) is 150 Å². The molecular weight excluding hydrogens is 1130 g/mol. The van der Waals surface area contributed by atoms with Crippen LogP contribution in [-0.2, 0) is 47.4 Å². The Balaban J connectivity index is 1.29. The number of para-hydroxylation sites is 1. The number of benzene rings is 4. The Morgan fingerprint density at radius 1 is 0.782 bits per heavy atom. The van der Waals surface area contributed by atoms with Crippen molar-refractivity contribution in [1.82, 2.24) is 9.88 Å². The molecular formula is C69H89N3O14S. The van der Waals surface area contributed by atoms with Gasteiger partial charge in [-0.15, -0.1) is 0 Å². The SMILES string of the molecule is CC[C@H]1OC(=O)[C@H](C)[C@@H](OC2C[C@@](C)(OC)[C@@H](OC(=O)c3ccccc3)[C@H](C)O2)[C@H](C)[C@@H](OC2O[C@H](C)C[C@H](N(C)C)[C@H]2OC(=O)c2ccccc2)[C@@](C)(OC/C=C/c2cnc3ccccc3c2)C[C@H](C)/C(=N/Sc2ccccc2)[C@H](C)[C@@H](O)[C@]1(C)O. The Morgan fingerprint density at radius 2 is 1.40 bits per heavy atom. The van der Waals surface area contributed by atoms with E-state index in [4.69, 9.17) is 52.0 Å². The summed E-state index contributed by atoms with van der Waals surface area (Å²) in [5.41, 5.74) is -1.61. The van der Waals surface area contributed by atoms with Crippen LogP contribution in [0.2, 0.25) is 0 Å². The molecule has 0 saturated carbocycles. The van der Waals surface area contributed by atoms with Crippen molar-refractivity contribution in [3.63, 3.8) is 0 Å². The average molecular weight is 1220 g/mol. The molecule has 3 aliphatic heterocycles. The smallest absolute Gasteiger partial charge is 0.338 e. The van der Waals surface area contributed by atoms with Gasteiger partial charge in [0.05, 0.1) is 71.3 Å². The minimum atomic E-state index is -1.99. The highest BCUT2D eigenvalue weighted by atomic mass is 32.2. The molecule has 87 heavy (non-hydrogen) atoms. The number of likely N-dealkylation sites (N-methyl/N-ethyl adjacent to an activating group) is 1. The van der Waals surface area contributed by atoms with Crippen LogP contribution in [0.5, 0.6) is 0 Å². The van der Waals surface area contributed by atoms with E-state index >= 15 is 4.79 Å². The van der Waals surface area contributed by atoms with Crippen molar-refractivity contribution in [3.8, 4) is 0 Å². The molecule has 3 aliphatic rings. The van der Waals surface area contributed by atoms with Gasteiger partial charge in [0.2, 0.25) is 0 Å². The zero-order chi connectivity index (χ0) is 62.8. The van der Waals surface area contributed by atoms with Gasteiger partial charge >= 0.3 is 17.9 Å². The van der Waals surface area contributed by atoms with Gasteiger partial charge in [0, 0.05) is 59.5 Å². The number of cyclic esters (lactones) is 1. The molecule has 5 aromatic rings. The second-order valence-electron chi connectivity index (χ2n) is 24.6.